The van der Waals surface area contributed by atoms with Gasteiger partial charge in [-0.3, -0.25) is 4.79 Å². The Labute approximate surface area is 157 Å². The monoisotopic (exact) mass is 373 g/mol. The molecule has 0 unspecified atom stereocenters. The Kier molecular flexibility index (Phi) is 6.49. The number of carbonyl (C=O) groups is 2. The van der Waals surface area contributed by atoms with Crippen LogP contribution in [0.15, 0.2) is 47.1 Å². The van der Waals surface area contributed by atoms with Crippen molar-refractivity contribution in [3.05, 3.63) is 54.0 Å². The molecule has 2 aromatic rings. The number of rotatable bonds is 8. The third-order valence-corrected chi connectivity index (χ3v) is 4.23. The number of hydrogen-bond acceptors (Lipinski definition) is 6. The second kappa shape index (κ2) is 9.23. The van der Waals surface area contributed by atoms with Crippen LogP contribution in [0.3, 0.4) is 0 Å². The molecule has 1 aromatic heterocycles. The van der Waals surface area contributed by atoms with Gasteiger partial charge >= 0.3 is 5.97 Å². The molecule has 0 saturated carbocycles. The molecule has 0 spiro atoms. The summed E-state index contributed by atoms with van der Waals surface area (Å²) >= 11 is 0. The number of esters is 1. The first-order valence-corrected chi connectivity index (χ1v) is 8.96. The summed E-state index contributed by atoms with van der Waals surface area (Å²) in [7, 11) is 0. The van der Waals surface area contributed by atoms with Crippen LogP contribution in [-0.4, -0.2) is 37.8 Å². The highest BCUT2D eigenvalue weighted by molar-refractivity contribution is 5.91. The van der Waals surface area contributed by atoms with Gasteiger partial charge in [0, 0.05) is 6.61 Å². The van der Waals surface area contributed by atoms with Gasteiger partial charge in [-0.15, -0.1) is 0 Å². The molecular weight excluding hydrogens is 350 g/mol. The molecule has 1 aromatic carbocycles. The van der Waals surface area contributed by atoms with Crippen molar-refractivity contribution in [1.82, 2.24) is 5.32 Å². The second-order valence-corrected chi connectivity index (χ2v) is 6.35. The molecule has 7 nitrogen and oxygen atoms in total. The average molecular weight is 373 g/mol. The number of nitrogens with one attached hydrogen (secondary N) is 1. The lowest BCUT2D eigenvalue weighted by molar-refractivity contribution is -0.125. The lowest BCUT2D eigenvalue weighted by Gasteiger charge is -2.12. The van der Waals surface area contributed by atoms with E-state index in [1.54, 1.807) is 43.3 Å². The fourth-order valence-electron chi connectivity index (χ4n) is 2.76. The molecule has 0 radical (unpaired) electrons. The summed E-state index contributed by atoms with van der Waals surface area (Å²) in [6.45, 7) is 2.71. The highest BCUT2D eigenvalue weighted by Gasteiger charge is 2.17. The quantitative estimate of drug-likeness (QED) is 0.716. The fourth-order valence-corrected chi connectivity index (χ4v) is 2.76. The zero-order chi connectivity index (χ0) is 19.1. The SMILES string of the molecule is C[C@H](NC(=O)COC(=O)c1ccc(OC[C@@H]2CCCO2)cc1)c1ccco1. The molecule has 0 aliphatic carbocycles. The number of furan rings is 1. The fraction of sp³-hybridized carbons (Fsp3) is 0.400. The Morgan fingerprint density at radius 1 is 1.26 bits per heavy atom. The predicted octanol–water partition coefficient (Wildman–Crippen LogP) is 2.87. The van der Waals surface area contributed by atoms with Crippen LogP contribution in [0.4, 0.5) is 0 Å². The van der Waals surface area contributed by atoms with Gasteiger partial charge in [-0.05, 0) is 56.2 Å². The van der Waals surface area contributed by atoms with Gasteiger partial charge in [0.2, 0.25) is 0 Å². The maximum Gasteiger partial charge on any atom is 0.338 e. The Balaban J connectivity index is 1.41. The van der Waals surface area contributed by atoms with E-state index in [9.17, 15) is 9.59 Å². The third-order valence-electron chi connectivity index (χ3n) is 4.23. The molecule has 7 heteroatoms. The molecule has 1 aliphatic heterocycles. The van der Waals surface area contributed by atoms with Crippen molar-refractivity contribution >= 4 is 11.9 Å². The Hall–Kier alpha value is -2.80. The Morgan fingerprint density at radius 3 is 2.74 bits per heavy atom. The number of ether oxygens (including phenoxy) is 3. The maximum absolute atomic E-state index is 12.1. The first-order chi connectivity index (χ1) is 13.1. The van der Waals surface area contributed by atoms with Gasteiger partial charge in [0.15, 0.2) is 6.61 Å². The summed E-state index contributed by atoms with van der Waals surface area (Å²) < 4.78 is 21.4. The van der Waals surface area contributed by atoms with Crippen LogP contribution in [0.2, 0.25) is 0 Å². The van der Waals surface area contributed by atoms with Crippen LogP contribution in [0.5, 0.6) is 5.75 Å². The zero-order valence-electron chi connectivity index (χ0n) is 15.2. The number of carbonyl (C=O) groups excluding carboxylic acids is 2. The van der Waals surface area contributed by atoms with E-state index >= 15 is 0 Å². The molecule has 1 amide bonds. The number of hydrogen-bond donors (Lipinski definition) is 1. The van der Waals surface area contributed by atoms with Crippen molar-refractivity contribution < 1.29 is 28.2 Å². The minimum absolute atomic E-state index is 0.136. The van der Waals surface area contributed by atoms with Gasteiger partial charge in [0.25, 0.3) is 5.91 Å². The van der Waals surface area contributed by atoms with Gasteiger partial charge in [-0.2, -0.15) is 0 Å². The summed E-state index contributed by atoms with van der Waals surface area (Å²) in [6.07, 6.45) is 3.74. The topological polar surface area (TPSA) is 87.0 Å². The van der Waals surface area contributed by atoms with E-state index < -0.39 is 11.9 Å². The van der Waals surface area contributed by atoms with Crippen molar-refractivity contribution in [1.29, 1.82) is 0 Å². The largest absolute Gasteiger partial charge is 0.491 e. The highest BCUT2D eigenvalue weighted by Crippen LogP contribution is 2.17. The van der Waals surface area contributed by atoms with Crippen molar-refractivity contribution in [3.63, 3.8) is 0 Å². The predicted molar refractivity (Wildman–Crippen MR) is 96.5 cm³/mol. The molecule has 3 rings (SSSR count). The molecule has 2 atom stereocenters. The van der Waals surface area contributed by atoms with Crippen molar-refractivity contribution in [2.45, 2.75) is 31.9 Å². The van der Waals surface area contributed by atoms with E-state index in [1.807, 2.05) is 0 Å². The summed E-state index contributed by atoms with van der Waals surface area (Å²) in [4.78, 5) is 23.9. The average Bonchev–Trinajstić information content (AvgIpc) is 3.38. The zero-order valence-corrected chi connectivity index (χ0v) is 15.2. The van der Waals surface area contributed by atoms with Crippen LogP contribution in [0.1, 0.15) is 41.9 Å². The molecular formula is C20H23NO6. The van der Waals surface area contributed by atoms with Crippen molar-refractivity contribution in [2.75, 3.05) is 19.8 Å². The van der Waals surface area contributed by atoms with E-state index in [2.05, 4.69) is 5.32 Å². The highest BCUT2D eigenvalue weighted by atomic mass is 16.5. The van der Waals surface area contributed by atoms with E-state index in [0.29, 0.717) is 23.7 Å². The molecule has 1 fully saturated rings. The smallest absolute Gasteiger partial charge is 0.338 e. The minimum Gasteiger partial charge on any atom is -0.491 e. The number of amides is 1. The van der Waals surface area contributed by atoms with Crippen LogP contribution in [-0.2, 0) is 14.3 Å². The van der Waals surface area contributed by atoms with Gasteiger partial charge in [-0.25, -0.2) is 4.79 Å². The lowest BCUT2D eigenvalue weighted by Crippen LogP contribution is -2.30. The summed E-state index contributed by atoms with van der Waals surface area (Å²) in [5.74, 6) is 0.325. The molecule has 1 aliphatic rings. The summed E-state index contributed by atoms with van der Waals surface area (Å²) in [5, 5.41) is 2.70. The van der Waals surface area contributed by atoms with Crippen LogP contribution < -0.4 is 10.1 Å². The summed E-state index contributed by atoms with van der Waals surface area (Å²) in [5.41, 5.74) is 0.353. The van der Waals surface area contributed by atoms with E-state index in [4.69, 9.17) is 18.6 Å². The second-order valence-electron chi connectivity index (χ2n) is 6.35. The third kappa shape index (κ3) is 5.59. The molecule has 2 heterocycles. The van der Waals surface area contributed by atoms with E-state index in [0.717, 1.165) is 19.4 Å². The molecule has 144 valence electrons. The maximum atomic E-state index is 12.1. The number of benzene rings is 1. The first-order valence-electron chi connectivity index (χ1n) is 8.96. The van der Waals surface area contributed by atoms with Crippen molar-refractivity contribution in [3.8, 4) is 5.75 Å². The minimum atomic E-state index is -0.568. The van der Waals surface area contributed by atoms with Crippen LogP contribution in [0, 0.1) is 0 Å². The van der Waals surface area contributed by atoms with E-state index in [1.165, 1.54) is 6.26 Å². The van der Waals surface area contributed by atoms with Crippen molar-refractivity contribution in [2.24, 2.45) is 0 Å². The Morgan fingerprint density at radius 2 is 2.07 bits per heavy atom. The molecule has 1 N–H and O–H groups in total. The van der Waals surface area contributed by atoms with E-state index in [-0.39, 0.29) is 18.8 Å². The molecule has 0 bridgehead atoms. The first kappa shape index (κ1) is 19.0. The van der Waals surface area contributed by atoms with Gasteiger partial charge in [-0.1, -0.05) is 0 Å². The van der Waals surface area contributed by atoms with Gasteiger partial charge in [0.05, 0.1) is 24.0 Å². The summed E-state index contributed by atoms with van der Waals surface area (Å²) in [6, 6.07) is 9.82. The molecule has 27 heavy (non-hydrogen) atoms. The molecule has 1 saturated heterocycles. The van der Waals surface area contributed by atoms with Crippen LogP contribution in [0.25, 0.3) is 0 Å². The lowest BCUT2D eigenvalue weighted by atomic mass is 10.2. The normalized spacial score (nSPS) is 17.3. The van der Waals surface area contributed by atoms with Crippen LogP contribution >= 0.6 is 0 Å². The van der Waals surface area contributed by atoms with Gasteiger partial charge < -0.3 is 23.9 Å². The Bertz CT molecular complexity index is 734. The standard InChI is InChI=1S/C20H23NO6/c1-14(18-5-3-11-25-18)21-19(22)13-27-20(23)15-6-8-16(9-7-15)26-12-17-4-2-10-24-17/h3,5-9,11,14,17H,2,4,10,12-13H2,1H3,(H,21,22)/t14-,17-/m0/s1. The van der Waals surface area contributed by atoms with Gasteiger partial charge in [0.1, 0.15) is 18.1 Å².